The minimum atomic E-state index is 0.0973. The van der Waals surface area contributed by atoms with Gasteiger partial charge in [0.05, 0.1) is 6.21 Å². The Balaban J connectivity index is 1.57. The van der Waals surface area contributed by atoms with E-state index in [2.05, 4.69) is 15.5 Å². The molecule has 0 amide bonds. The predicted molar refractivity (Wildman–Crippen MR) is 104 cm³/mol. The number of nitriles is 1. The molecule has 2 aromatic carbocycles. The second kappa shape index (κ2) is 8.68. The van der Waals surface area contributed by atoms with Crippen LogP contribution < -0.4 is 10.2 Å². The summed E-state index contributed by atoms with van der Waals surface area (Å²) in [5.41, 5.74) is 4.94. The summed E-state index contributed by atoms with van der Waals surface area (Å²) in [6.45, 7) is 4.42. The van der Waals surface area contributed by atoms with E-state index in [4.69, 9.17) is 14.4 Å². The first-order valence-electron chi connectivity index (χ1n) is 8.62. The van der Waals surface area contributed by atoms with Gasteiger partial charge in [0.1, 0.15) is 18.4 Å². The molecular formula is C21H20N4O2. The van der Waals surface area contributed by atoms with Gasteiger partial charge in [-0.25, -0.2) is 10.4 Å². The number of benzene rings is 2. The molecule has 0 aliphatic rings. The van der Waals surface area contributed by atoms with Crippen LogP contribution in [0, 0.1) is 11.3 Å². The molecular weight excluding hydrogens is 340 g/mol. The van der Waals surface area contributed by atoms with Crippen molar-refractivity contribution < 1.29 is 9.15 Å². The Labute approximate surface area is 158 Å². The molecule has 136 valence electrons. The fourth-order valence-corrected chi connectivity index (χ4v) is 2.29. The fraction of sp³-hybridized carbons (Fsp3) is 0.190. The van der Waals surface area contributed by atoms with Crippen LogP contribution in [0.4, 0.5) is 5.88 Å². The van der Waals surface area contributed by atoms with Crippen LogP contribution in [-0.2, 0) is 6.61 Å². The summed E-state index contributed by atoms with van der Waals surface area (Å²) in [6, 6.07) is 19.6. The molecule has 0 atom stereocenters. The van der Waals surface area contributed by atoms with E-state index in [9.17, 15) is 0 Å². The van der Waals surface area contributed by atoms with Gasteiger partial charge in [0.2, 0.25) is 11.6 Å². The number of hydrogen-bond acceptors (Lipinski definition) is 6. The average molecular weight is 360 g/mol. The molecule has 0 spiro atoms. The molecule has 0 aliphatic heterocycles. The van der Waals surface area contributed by atoms with E-state index < -0.39 is 0 Å². The second-order valence-corrected chi connectivity index (χ2v) is 6.21. The number of hydrazone groups is 1. The first-order chi connectivity index (χ1) is 13.2. The van der Waals surface area contributed by atoms with Crippen molar-refractivity contribution in [3.05, 3.63) is 77.3 Å². The molecule has 6 nitrogen and oxygen atoms in total. The molecule has 0 saturated carbocycles. The zero-order valence-electron chi connectivity index (χ0n) is 15.2. The lowest BCUT2D eigenvalue weighted by molar-refractivity contribution is 0.306. The highest BCUT2D eigenvalue weighted by Gasteiger charge is 2.14. The highest BCUT2D eigenvalue weighted by molar-refractivity contribution is 5.80. The summed E-state index contributed by atoms with van der Waals surface area (Å²) in [5, 5.41) is 13.2. The third-order valence-electron chi connectivity index (χ3n) is 3.75. The van der Waals surface area contributed by atoms with Crippen LogP contribution in [0.5, 0.6) is 5.75 Å². The van der Waals surface area contributed by atoms with Gasteiger partial charge in [-0.15, -0.1) is 0 Å². The molecule has 1 heterocycles. The summed E-state index contributed by atoms with van der Waals surface area (Å²) in [5.74, 6) is 1.64. The molecule has 0 radical (unpaired) electrons. The highest BCUT2D eigenvalue weighted by atomic mass is 16.5. The van der Waals surface area contributed by atoms with Gasteiger partial charge in [0, 0.05) is 5.92 Å². The van der Waals surface area contributed by atoms with E-state index in [0.717, 1.165) is 16.9 Å². The Morgan fingerprint density at radius 3 is 2.59 bits per heavy atom. The summed E-state index contributed by atoms with van der Waals surface area (Å²) in [7, 11) is 0. The quantitative estimate of drug-likeness (QED) is 0.488. The van der Waals surface area contributed by atoms with Crippen molar-refractivity contribution in [2.75, 3.05) is 5.43 Å². The van der Waals surface area contributed by atoms with E-state index >= 15 is 0 Å². The van der Waals surface area contributed by atoms with Crippen LogP contribution >= 0.6 is 0 Å². The lowest BCUT2D eigenvalue weighted by atomic mass is 10.2. The van der Waals surface area contributed by atoms with E-state index in [1.165, 1.54) is 0 Å². The van der Waals surface area contributed by atoms with Gasteiger partial charge in [-0.3, -0.25) is 0 Å². The van der Waals surface area contributed by atoms with E-state index in [1.54, 1.807) is 6.21 Å². The molecule has 0 fully saturated rings. The third-order valence-corrected chi connectivity index (χ3v) is 3.75. The van der Waals surface area contributed by atoms with Gasteiger partial charge in [-0.2, -0.15) is 10.4 Å². The van der Waals surface area contributed by atoms with Crippen LogP contribution in [0.1, 0.15) is 42.5 Å². The van der Waals surface area contributed by atoms with Crippen LogP contribution in [0.2, 0.25) is 0 Å². The summed E-state index contributed by atoms with van der Waals surface area (Å²) < 4.78 is 11.3. The first kappa shape index (κ1) is 18.2. The van der Waals surface area contributed by atoms with Crippen molar-refractivity contribution in [3.63, 3.8) is 0 Å². The lowest BCUT2D eigenvalue weighted by Gasteiger charge is -2.06. The smallest absolute Gasteiger partial charge is 0.252 e. The standard InChI is InChI=1S/C21H20N4O2/c1-15(2)20-24-19(12-22)21(27-20)25-23-13-16-8-10-18(11-9-16)26-14-17-6-4-3-5-7-17/h3-11,13,15,25H,14H2,1-2H3. The zero-order chi connectivity index (χ0) is 19.1. The lowest BCUT2D eigenvalue weighted by Crippen LogP contribution is -1.95. The van der Waals surface area contributed by atoms with E-state index in [1.807, 2.05) is 74.5 Å². The van der Waals surface area contributed by atoms with Gasteiger partial charge in [0.25, 0.3) is 5.88 Å². The second-order valence-electron chi connectivity index (χ2n) is 6.21. The van der Waals surface area contributed by atoms with E-state index in [0.29, 0.717) is 12.5 Å². The van der Waals surface area contributed by atoms with Crippen LogP contribution in [0.3, 0.4) is 0 Å². The minimum Gasteiger partial charge on any atom is -0.489 e. The van der Waals surface area contributed by atoms with Gasteiger partial charge >= 0.3 is 0 Å². The molecule has 0 bridgehead atoms. The van der Waals surface area contributed by atoms with Gasteiger partial charge < -0.3 is 9.15 Å². The van der Waals surface area contributed by atoms with Crippen LogP contribution in [0.25, 0.3) is 0 Å². The van der Waals surface area contributed by atoms with Gasteiger partial charge in [-0.1, -0.05) is 44.2 Å². The molecule has 6 heteroatoms. The van der Waals surface area contributed by atoms with Gasteiger partial charge in [0.15, 0.2) is 0 Å². The number of nitrogens with zero attached hydrogens (tertiary/aromatic N) is 3. The number of nitrogens with one attached hydrogen (secondary N) is 1. The largest absolute Gasteiger partial charge is 0.489 e. The molecule has 0 saturated heterocycles. The number of oxazole rings is 1. The number of aromatic nitrogens is 1. The molecule has 0 aliphatic carbocycles. The van der Waals surface area contributed by atoms with Crippen LogP contribution in [0.15, 0.2) is 64.1 Å². The van der Waals surface area contributed by atoms with Gasteiger partial charge in [-0.05, 0) is 35.4 Å². The molecule has 27 heavy (non-hydrogen) atoms. The Hall–Kier alpha value is -3.59. The van der Waals surface area contributed by atoms with Crippen molar-refractivity contribution in [2.24, 2.45) is 5.10 Å². The SMILES string of the molecule is CC(C)c1nc(C#N)c(NN=Cc2ccc(OCc3ccccc3)cc2)o1. The Morgan fingerprint density at radius 2 is 1.93 bits per heavy atom. The molecule has 3 rings (SSSR count). The first-order valence-corrected chi connectivity index (χ1v) is 8.62. The highest BCUT2D eigenvalue weighted by Crippen LogP contribution is 2.22. The Bertz CT molecular complexity index is 939. The van der Waals surface area contributed by atoms with Crippen molar-refractivity contribution in [1.82, 2.24) is 4.98 Å². The normalized spacial score (nSPS) is 10.9. The maximum Gasteiger partial charge on any atom is 0.252 e. The van der Waals surface area contributed by atoms with Crippen LogP contribution in [-0.4, -0.2) is 11.2 Å². The number of rotatable bonds is 7. The topological polar surface area (TPSA) is 83.4 Å². The third kappa shape index (κ3) is 4.95. The van der Waals surface area contributed by atoms with Crippen molar-refractivity contribution in [2.45, 2.75) is 26.4 Å². The van der Waals surface area contributed by atoms with Crippen molar-refractivity contribution in [1.29, 1.82) is 5.26 Å². The summed E-state index contributed by atoms with van der Waals surface area (Å²) in [4.78, 5) is 4.13. The maximum absolute atomic E-state index is 9.12. The molecule has 1 N–H and O–H groups in total. The monoisotopic (exact) mass is 360 g/mol. The molecule has 3 aromatic rings. The maximum atomic E-state index is 9.12. The fourth-order valence-electron chi connectivity index (χ4n) is 2.29. The Kier molecular flexibility index (Phi) is 5.85. The van der Waals surface area contributed by atoms with Crippen molar-refractivity contribution >= 4 is 12.1 Å². The molecule has 0 unspecified atom stereocenters. The minimum absolute atomic E-state index is 0.0973. The Morgan fingerprint density at radius 1 is 1.19 bits per heavy atom. The number of hydrogen-bond donors (Lipinski definition) is 1. The van der Waals surface area contributed by atoms with E-state index in [-0.39, 0.29) is 17.5 Å². The zero-order valence-corrected chi connectivity index (χ0v) is 15.2. The summed E-state index contributed by atoms with van der Waals surface area (Å²) in [6.07, 6.45) is 1.64. The van der Waals surface area contributed by atoms with Crippen molar-refractivity contribution in [3.8, 4) is 11.8 Å². The predicted octanol–water partition coefficient (Wildman–Crippen LogP) is 4.69. The summed E-state index contributed by atoms with van der Waals surface area (Å²) >= 11 is 0. The average Bonchev–Trinajstić information content (AvgIpc) is 3.12. The number of anilines is 1. The molecule has 1 aromatic heterocycles. The number of ether oxygens (including phenoxy) is 1.